The zero-order chi connectivity index (χ0) is 21.0. The highest BCUT2D eigenvalue weighted by molar-refractivity contribution is 7.90. The topological polar surface area (TPSA) is 82.8 Å². The molecule has 3 aromatic rings. The van der Waals surface area contributed by atoms with Crippen LogP contribution in [-0.2, 0) is 9.84 Å². The zero-order valence-electron chi connectivity index (χ0n) is 15.7. The third-order valence-electron chi connectivity index (χ3n) is 4.27. The molecule has 1 heterocycles. The molecule has 1 aromatic heterocycles. The molecule has 0 aliphatic carbocycles. The molecule has 0 bridgehead atoms. The molecule has 5 nitrogen and oxygen atoms in total. The first-order chi connectivity index (χ1) is 13.8. The van der Waals surface area contributed by atoms with Gasteiger partial charge in [-0.2, -0.15) is 5.26 Å². The number of sulfone groups is 1. The largest absolute Gasteiger partial charge is 0.365 e. The third-order valence-corrected chi connectivity index (χ3v) is 5.40. The summed E-state index contributed by atoms with van der Waals surface area (Å²) < 4.78 is 36.9. The first kappa shape index (κ1) is 20.2. The molecule has 0 saturated carbocycles. The fourth-order valence-electron chi connectivity index (χ4n) is 2.83. The number of hydrogen-bond acceptors (Lipinski definition) is 5. The van der Waals surface area contributed by atoms with E-state index in [1.54, 1.807) is 36.4 Å². The predicted octanol–water partition coefficient (Wildman–Crippen LogP) is 4.43. The van der Waals surface area contributed by atoms with Crippen molar-refractivity contribution in [1.29, 1.82) is 5.26 Å². The third kappa shape index (κ3) is 4.50. The number of nitrogens with one attached hydrogen (secondary N) is 1. The van der Waals surface area contributed by atoms with E-state index in [9.17, 15) is 18.1 Å². The van der Waals surface area contributed by atoms with E-state index < -0.39 is 9.84 Å². The van der Waals surface area contributed by atoms with E-state index in [-0.39, 0.29) is 10.7 Å². The summed E-state index contributed by atoms with van der Waals surface area (Å²) >= 11 is 0. The first-order valence-electron chi connectivity index (χ1n) is 8.70. The standard InChI is InChI=1S/C22H18FN3O2S/c1-3-12-25-22-17(14-24)13-20(15-6-10-19(11-7-15)29(2,27)28)21(26-22)16-4-8-18(23)9-5-16/h3-11,13H,1,12H2,2H3,(H,25,26). The normalized spacial score (nSPS) is 10.9. The number of aromatic nitrogens is 1. The number of benzene rings is 2. The van der Waals surface area contributed by atoms with E-state index in [4.69, 9.17) is 0 Å². The van der Waals surface area contributed by atoms with Crippen LogP contribution < -0.4 is 5.32 Å². The van der Waals surface area contributed by atoms with Gasteiger partial charge in [0.05, 0.1) is 16.2 Å². The van der Waals surface area contributed by atoms with Gasteiger partial charge in [-0.05, 0) is 48.0 Å². The highest BCUT2D eigenvalue weighted by Gasteiger charge is 2.16. The van der Waals surface area contributed by atoms with E-state index in [0.717, 1.165) is 6.26 Å². The predicted molar refractivity (Wildman–Crippen MR) is 112 cm³/mol. The highest BCUT2D eigenvalue weighted by Crippen LogP contribution is 2.34. The minimum atomic E-state index is -3.33. The molecule has 1 N–H and O–H groups in total. The number of nitrogens with zero attached hydrogens (tertiary/aromatic N) is 2. The van der Waals surface area contributed by atoms with Crippen molar-refractivity contribution >= 4 is 15.7 Å². The number of hydrogen-bond donors (Lipinski definition) is 1. The van der Waals surface area contributed by atoms with Gasteiger partial charge in [0.15, 0.2) is 9.84 Å². The van der Waals surface area contributed by atoms with Crippen molar-refractivity contribution in [3.05, 3.63) is 78.6 Å². The van der Waals surface area contributed by atoms with Gasteiger partial charge in [0.2, 0.25) is 0 Å². The van der Waals surface area contributed by atoms with Crippen molar-refractivity contribution in [1.82, 2.24) is 4.98 Å². The SMILES string of the molecule is C=CCNc1nc(-c2ccc(F)cc2)c(-c2ccc(S(C)(=O)=O)cc2)cc1C#N. The van der Waals surface area contributed by atoms with Crippen LogP contribution in [0.1, 0.15) is 5.56 Å². The number of pyridine rings is 1. The lowest BCUT2D eigenvalue weighted by molar-refractivity contribution is 0.602. The van der Waals surface area contributed by atoms with Gasteiger partial charge in [0, 0.05) is 23.9 Å². The maximum absolute atomic E-state index is 13.4. The Morgan fingerprint density at radius 3 is 2.31 bits per heavy atom. The van der Waals surface area contributed by atoms with Crippen LogP contribution in [0.15, 0.2) is 72.1 Å². The number of anilines is 1. The van der Waals surface area contributed by atoms with Crippen LogP contribution in [0.5, 0.6) is 0 Å². The second kappa shape index (κ2) is 8.25. The minimum Gasteiger partial charge on any atom is -0.365 e. The molecule has 0 aliphatic heterocycles. The highest BCUT2D eigenvalue weighted by atomic mass is 32.2. The maximum atomic E-state index is 13.4. The van der Waals surface area contributed by atoms with Gasteiger partial charge >= 0.3 is 0 Å². The van der Waals surface area contributed by atoms with Crippen LogP contribution in [0.4, 0.5) is 10.2 Å². The van der Waals surface area contributed by atoms with Crippen LogP contribution in [0.2, 0.25) is 0 Å². The van der Waals surface area contributed by atoms with Gasteiger partial charge in [0.25, 0.3) is 0 Å². The second-order valence-corrected chi connectivity index (χ2v) is 8.38. The summed E-state index contributed by atoms with van der Waals surface area (Å²) in [4.78, 5) is 4.80. The quantitative estimate of drug-likeness (QED) is 0.611. The summed E-state index contributed by atoms with van der Waals surface area (Å²) in [6.07, 6.45) is 2.79. The number of rotatable bonds is 6. The van der Waals surface area contributed by atoms with Gasteiger partial charge in [-0.1, -0.05) is 18.2 Å². The Morgan fingerprint density at radius 2 is 1.76 bits per heavy atom. The fraction of sp³-hybridized carbons (Fsp3) is 0.0909. The van der Waals surface area contributed by atoms with Crippen molar-refractivity contribution in [2.24, 2.45) is 0 Å². The average molecular weight is 407 g/mol. The molecule has 0 amide bonds. The van der Waals surface area contributed by atoms with Crippen molar-refractivity contribution in [2.45, 2.75) is 4.90 Å². The van der Waals surface area contributed by atoms with Crippen LogP contribution in [-0.4, -0.2) is 26.2 Å². The Labute approximate surface area is 169 Å². The molecule has 146 valence electrons. The van der Waals surface area contributed by atoms with Crippen molar-refractivity contribution in [3.63, 3.8) is 0 Å². The lowest BCUT2D eigenvalue weighted by Crippen LogP contribution is -2.05. The minimum absolute atomic E-state index is 0.197. The summed E-state index contributed by atoms with van der Waals surface area (Å²) in [6, 6.07) is 16.0. The number of nitriles is 1. The molecule has 0 saturated heterocycles. The number of halogens is 1. The smallest absolute Gasteiger partial charge is 0.175 e. The van der Waals surface area contributed by atoms with Crippen LogP contribution >= 0.6 is 0 Å². The zero-order valence-corrected chi connectivity index (χ0v) is 16.5. The van der Waals surface area contributed by atoms with Crippen molar-refractivity contribution in [2.75, 3.05) is 18.1 Å². The molecule has 0 radical (unpaired) electrons. The summed E-state index contributed by atoms with van der Waals surface area (Å²) in [5.74, 6) is 0.0229. The molecule has 0 spiro atoms. The monoisotopic (exact) mass is 407 g/mol. The molecule has 7 heteroatoms. The summed E-state index contributed by atoms with van der Waals surface area (Å²) in [6.45, 7) is 4.07. The summed E-state index contributed by atoms with van der Waals surface area (Å²) in [5.41, 5.74) is 2.87. The van der Waals surface area contributed by atoms with Crippen molar-refractivity contribution in [3.8, 4) is 28.5 Å². The molecule has 0 aliphatic rings. The van der Waals surface area contributed by atoms with Crippen LogP contribution in [0, 0.1) is 17.1 Å². The van der Waals surface area contributed by atoms with Gasteiger partial charge in [-0.15, -0.1) is 6.58 Å². The molecular formula is C22H18FN3O2S. The van der Waals surface area contributed by atoms with Gasteiger partial charge in [-0.25, -0.2) is 17.8 Å². The Bertz CT molecular complexity index is 1200. The Morgan fingerprint density at radius 1 is 1.14 bits per heavy atom. The molecule has 3 rings (SSSR count). The van der Waals surface area contributed by atoms with E-state index >= 15 is 0 Å². The van der Waals surface area contributed by atoms with Gasteiger partial charge in [0.1, 0.15) is 17.7 Å². The Kier molecular flexibility index (Phi) is 5.76. The molecular weight excluding hydrogens is 389 g/mol. The van der Waals surface area contributed by atoms with E-state index in [1.807, 2.05) is 0 Å². The van der Waals surface area contributed by atoms with E-state index in [0.29, 0.717) is 40.3 Å². The molecule has 2 aromatic carbocycles. The Hall–Kier alpha value is -3.50. The molecule has 0 fully saturated rings. The Balaban J connectivity index is 2.22. The fourth-order valence-corrected chi connectivity index (χ4v) is 3.46. The summed E-state index contributed by atoms with van der Waals surface area (Å²) in [7, 11) is -3.33. The molecule has 0 atom stereocenters. The van der Waals surface area contributed by atoms with Crippen molar-refractivity contribution < 1.29 is 12.8 Å². The average Bonchev–Trinajstić information content (AvgIpc) is 2.71. The van der Waals surface area contributed by atoms with Gasteiger partial charge < -0.3 is 5.32 Å². The lowest BCUT2D eigenvalue weighted by atomic mass is 9.97. The summed E-state index contributed by atoms with van der Waals surface area (Å²) in [5, 5.41) is 12.6. The second-order valence-electron chi connectivity index (χ2n) is 6.37. The maximum Gasteiger partial charge on any atom is 0.175 e. The van der Waals surface area contributed by atoms with E-state index in [2.05, 4.69) is 22.9 Å². The molecule has 29 heavy (non-hydrogen) atoms. The lowest BCUT2D eigenvalue weighted by Gasteiger charge is -2.14. The van der Waals surface area contributed by atoms with Crippen LogP contribution in [0.25, 0.3) is 22.4 Å². The van der Waals surface area contributed by atoms with Gasteiger partial charge in [-0.3, -0.25) is 0 Å². The van der Waals surface area contributed by atoms with E-state index in [1.165, 1.54) is 24.3 Å². The molecule has 0 unspecified atom stereocenters. The van der Waals surface area contributed by atoms with Crippen LogP contribution in [0.3, 0.4) is 0 Å². The first-order valence-corrected chi connectivity index (χ1v) is 10.6.